The quantitative estimate of drug-likeness (QED) is 0.788. The molecule has 1 saturated heterocycles. The molecule has 1 fully saturated rings. The number of anilines is 1. The van der Waals surface area contributed by atoms with Gasteiger partial charge in [0.1, 0.15) is 11.3 Å². The summed E-state index contributed by atoms with van der Waals surface area (Å²) in [5, 5.41) is 2.87. The van der Waals surface area contributed by atoms with Crippen molar-refractivity contribution in [3.05, 3.63) is 30.6 Å². The number of likely N-dealkylation sites (tertiary alicyclic amines) is 1. The number of likely N-dealkylation sites (N-methyl/N-ethyl adjacent to an activating group) is 1. The molecule has 1 aliphatic rings. The lowest BCUT2D eigenvalue weighted by Crippen LogP contribution is -2.36. The van der Waals surface area contributed by atoms with E-state index in [1.165, 1.54) is 6.08 Å². The van der Waals surface area contributed by atoms with Gasteiger partial charge in [-0.25, -0.2) is 9.97 Å². The summed E-state index contributed by atoms with van der Waals surface area (Å²) in [6, 6.07) is 0.190. The van der Waals surface area contributed by atoms with E-state index in [4.69, 9.17) is 0 Å². The topological polar surface area (TPSA) is 94.2 Å². The van der Waals surface area contributed by atoms with Gasteiger partial charge in [0.15, 0.2) is 5.65 Å². The number of H-pyrrole nitrogens is 1. The fourth-order valence-corrected chi connectivity index (χ4v) is 3.14. The monoisotopic (exact) mass is 356 g/mol. The van der Waals surface area contributed by atoms with Gasteiger partial charge in [-0.05, 0) is 26.3 Å². The van der Waals surface area contributed by atoms with Crippen molar-refractivity contribution in [2.24, 2.45) is 0 Å². The van der Waals surface area contributed by atoms with Crippen molar-refractivity contribution < 1.29 is 9.59 Å². The number of aromatic amines is 1. The second-order valence-electron chi connectivity index (χ2n) is 6.80. The van der Waals surface area contributed by atoms with E-state index in [1.54, 1.807) is 17.3 Å². The normalized spacial score (nSPS) is 16.9. The first kappa shape index (κ1) is 17.9. The molecule has 0 unspecified atom stereocenters. The minimum atomic E-state index is -0.177. The van der Waals surface area contributed by atoms with Crippen LogP contribution < -0.4 is 10.2 Å². The van der Waals surface area contributed by atoms with Crippen LogP contribution in [-0.2, 0) is 4.79 Å². The lowest BCUT2D eigenvalue weighted by Gasteiger charge is -2.25. The summed E-state index contributed by atoms with van der Waals surface area (Å²) < 4.78 is 0. The molecular weight excluding hydrogens is 332 g/mol. The Morgan fingerprint density at radius 1 is 1.50 bits per heavy atom. The van der Waals surface area contributed by atoms with Crippen LogP contribution in [0.3, 0.4) is 0 Å². The molecule has 0 radical (unpaired) electrons. The predicted octanol–water partition coefficient (Wildman–Crippen LogP) is 1.32. The van der Waals surface area contributed by atoms with Crippen molar-refractivity contribution >= 4 is 28.8 Å². The highest BCUT2D eigenvalue weighted by Gasteiger charge is 2.29. The fraction of sp³-hybridized carbons (Fsp3) is 0.444. The number of hydrogen-bond donors (Lipinski definition) is 2. The summed E-state index contributed by atoms with van der Waals surface area (Å²) in [4.78, 5) is 39.9. The first-order chi connectivity index (χ1) is 12.4. The van der Waals surface area contributed by atoms with E-state index in [2.05, 4.69) is 26.8 Å². The van der Waals surface area contributed by atoms with E-state index in [-0.39, 0.29) is 23.9 Å². The molecule has 0 bridgehead atoms. The van der Waals surface area contributed by atoms with E-state index in [0.29, 0.717) is 35.6 Å². The molecule has 0 saturated carbocycles. The molecular formula is C18H24N6O2. The van der Waals surface area contributed by atoms with Gasteiger partial charge in [0, 0.05) is 38.4 Å². The number of carbonyl (C=O) groups is 2. The predicted molar refractivity (Wildman–Crippen MR) is 100 cm³/mol. The van der Waals surface area contributed by atoms with Crippen molar-refractivity contribution in [1.82, 2.24) is 25.2 Å². The molecule has 2 N–H and O–H groups in total. The second kappa shape index (κ2) is 7.15. The van der Waals surface area contributed by atoms with Crippen LogP contribution in [0.4, 0.5) is 5.82 Å². The Bertz CT molecular complexity index is 843. The van der Waals surface area contributed by atoms with Crippen LogP contribution in [0, 0.1) is 0 Å². The molecule has 138 valence electrons. The van der Waals surface area contributed by atoms with Crippen LogP contribution in [0.25, 0.3) is 11.2 Å². The van der Waals surface area contributed by atoms with Gasteiger partial charge >= 0.3 is 0 Å². The molecule has 2 aromatic rings. The van der Waals surface area contributed by atoms with Crippen LogP contribution in [0.15, 0.2) is 25.0 Å². The molecule has 0 aliphatic carbocycles. The standard InChI is InChI=1S/C18H24N6O2/c1-5-15(25)24-7-6-12(10-24)23(4)14-9-20-17-16(22-14)13(8-19-17)18(26)21-11(2)3/h5,8-9,11-12H,1,6-7,10H2,2-4H3,(H,19,20)(H,21,26)/t12-/m0/s1. The summed E-state index contributed by atoms with van der Waals surface area (Å²) in [7, 11) is 1.93. The van der Waals surface area contributed by atoms with Gasteiger partial charge in [-0.1, -0.05) is 6.58 Å². The lowest BCUT2D eigenvalue weighted by atomic mass is 10.2. The van der Waals surface area contributed by atoms with Crippen molar-refractivity contribution in [3.8, 4) is 0 Å². The zero-order valence-electron chi connectivity index (χ0n) is 15.3. The molecule has 0 aromatic carbocycles. The zero-order chi connectivity index (χ0) is 18.8. The highest BCUT2D eigenvalue weighted by molar-refractivity contribution is 6.04. The summed E-state index contributed by atoms with van der Waals surface area (Å²) in [5.74, 6) is 0.443. The maximum Gasteiger partial charge on any atom is 0.255 e. The van der Waals surface area contributed by atoms with E-state index < -0.39 is 0 Å². The summed E-state index contributed by atoms with van der Waals surface area (Å²) in [6.45, 7) is 8.68. The zero-order valence-corrected chi connectivity index (χ0v) is 15.3. The van der Waals surface area contributed by atoms with Crippen molar-refractivity contribution in [2.75, 3.05) is 25.0 Å². The Balaban J connectivity index is 1.83. The summed E-state index contributed by atoms with van der Waals surface area (Å²) >= 11 is 0. The maximum absolute atomic E-state index is 12.4. The number of aromatic nitrogens is 3. The fourth-order valence-electron chi connectivity index (χ4n) is 3.14. The van der Waals surface area contributed by atoms with E-state index in [1.807, 2.05) is 25.8 Å². The summed E-state index contributed by atoms with van der Waals surface area (Å²) in [6.07, 6.45) is 5.50. The van der Waals surface area contributed by atoms with Gasteiger partial charge in [0.2, 0.25) is 5.91 Å². The Morgan fingerprint density at radius 2 is 2.27 bits per heavy atom. The Hall–Kier alpha value is -2.90. The highest BCUT2D eigenvalue weighted by atomic mass is 16.2. The molecule has 8 nitrogen and oxygen atoms in total. The molecule has 2 amide bonds. The van der Waals surface area contributed by atoms with E-state index >= 15 is 0 Å². The van der Waals surface area contributed by atoms with E-state index in [0.717, 1.165) is 6.42 Å². The number of hydrogen-bond acceptors (Lipinski definition) is 5. The number of amides is 2. The van der Waals surface area contributed by atoms with Crippen LogP contribution in [0.5, 0.6) is 0 Å². The van der Waals surface area contributed by atoms with Gasteiger partial charge in [-0.2, -0.15) is 0 Å². The largest absolute Gasteiger partial charge is 0.354 e. The minimum Gasteiger partial charge on any atom is -0.354 e. The smallest absolute Gasteiger partial charge is 0.255 e. The van der Waals surface area contributed by atoms with Gasteiger partial charge in [-0.15, -0.1) is 0 Å². The number of nitrogens with one attached hydrogen (secondary N) is 2. The average molecular weight is 356 g/mol. The number of carbonyl (C=O) groups excluding carboxylic acids is 2. The van der Waals surface area contributed by atoms with Gasteiger partial charge in [-0.3, -0.25) is 9.59 Å². The van der Waals surface area contributed by atoms with Crippen LogP contribution in [0.1, 0.15) is 30.6 Å². The molecule has 0 spiro atoms. The SMILES string of the molecule is C=CC(=O)N1CC[C@H](N(C)c2cnc3[nH]cc(C(=O)NC(C)C)c3n2)C1. The molecule has 3 rings (SSSR count). The number of fused-ring (bicyclic) bond motifs is 1. The molecule has 2 aromatic heterocycles. The van der Waals surface area contributed by atoms with Crippen molar-refractivity contribution in [2.45, 2.75) is 32.4 Å². The first-order valence-corrected chi connectivity index (χ1v) is 8.70. The van der Waals surface area contributed by atoms with Gasteiger partial charge < -0.3 is 20.1 Å². The third-order valence-corrected chi connectivity index (χ3v) is 4.59. The highest BCUT2D eigenvalue weighted by Crippen LogP contribution is 2.23. The van der Waals surface area contributed by atoms with Crippen molar-refractivity contribution in [1.29, 1.82) is 0 Å². The molecule has 1 aliphatic heterocycles. The average Bonchev–Trinajstić information content (AvgIpc) is 3.26. The third-order valence-electron chi connectivity index (χ3n) is 4.59. The minimum absolute atomic E-state index is 0.0399. The van der Waals surface area contributed by atoms with Crippen LogP contribution in [0.2, 0.25) is 0 Å². The molecule has 26 heavy (non-hydrogen) atoms. The Labute approximate surface area is 152 Å². The Kier molecular flexibility index (Phi) is 4.92. The van der Waals surface area contributed by atoms with Crippen LogP contribution in [-0.4, -0.2) is 63.9 Å². The lowest BCUT2D eigenvalue weighted by molar-refractivity contribution is -0.125. The first-order valence-electron chi connectivity index (χ1n) is 8.70. The molecule has 3 heterocycles. The number of nitrogens with zero attached hydrogens (tertiary/aromatic N) is 4. The third kappa shape index (κ3) is 3.40. The second-order valence-corrected chi connectivity index (χ2v) is 6.80. The summed E-state index contributed by atoms with van der Waals surface area (Å²) in [5.41, 5.74) is 1.60. The molecule has 1 atom stereocenters. The maximum atomic E-state index is 12.4. The van der Waals surface area contributed by atoms with E-state index in [9.17, 15) is 9.59 Å². The molecule has 8 heteroatoms. The number of rotatable bonds is 5. The van der Waals surface area contributed by atoms with Gasteiger partial charge in [0.05, 0.1) is 11.8 Å². The van der Waals surface area contributed by atoms with Crippen LogP contribution >= 0.6 is 0 Å². The van der Waals surface area contributed by atoms with Gasteiger partial charge in [0.25, 0.3) is 5.91 Å². The van der Waals surface area contributed by atoms with Crippen molar-refractivity contribution in [3.63, 3.8) is 0 Å². The Morgan fingerprint density at radius 3 is 2.96 bits per heavy atom.